The fourth-order valence-electron chi connectivity index (χ4n) is 3.50. The van der Waals surface area contributed by atoms with Crippen LogP contribution in [-0.2, 0) is 37.5 Å². The SMILES string of the molecule is O=C(OCc1cc(Cl)cc2c1OCOC2)C1CCN(S(=O)(=O)c2cccs2)CC1. The topological polar surface area (TPSA) is 82.1 Å². The average Bonchev–Trinajstić information content (AvgIpc) is 3.27. The lowest BCUT2D eigenvalue weighted by atomic mass is 9.98. The fraction of sp³-hybridized carbons (Fsp3) is 0.421. The van der Waals surface area contributed by atoms with E-state index >= 15 is 0 Å². The highest BCUT2D eigenvalue weighted by atomic mass is 35.5. The second kappa shape index (κ2) is 8.61. The zero-order valence-electron chi connectivity index (χ0n) is 15.5. The Kier molecular flexibility index (Phi) is 6.12. The van der Waals surface area contributed by atoms with E-state index in [1.54, 1.807) is 29.6 Å². The Bertz CT molecular complexity index is 984. The standard InChI is InChI=1S/C19H20ClNO6S2/c20-16-8-14-10-25-12-27-18(14)15(9-16)11-26-19(22)13-3-5-21(6-4-13)29(23,24)17-2-1-7-28-17/h1-2,7-9,13H,3-6,10-12H2. The third kappa shape index (κ3) is 4.44. The number of nitrogens with zero attached hydrogens (tertiary/aromatic N) is 1. The summed E-state index contributed by atoms with van der Waals surface area (Å²) in [5.41, 5.74) is 1.52. The summed E-state index contributed by atoms with van der Waals surface area (Å²) in [6, 6.07) is 6.80. The molecule has 0 bridgehead atoms. The summed E-state index contributed by atoms with van der Waals surface area (Å²) in [7, 11) is -3.48. The predicted octanol–water partition coefficient (Wildman–Crippen LogP) is 3.41. The summed E-state index contributed by atoms with van der Waals surface area (Å²) in [5.74, 6) is -0.0201. The van der Waals surface area contributed by atoms with Gasteiger partial charge in [-0.3, -0.25) is 4.79 Å². The number of rotatable bonds is 5. The average molecular weight is 458 g/mol. The number of hydrogen-bond acceptors (Lipinski definition) is 7. The molecule has 0 radical (unpaired) electrons. The molecule has 2 aromatic rings. The van der Waals surface area contributed by atoms with Crippen LogP contribution in [0.1, 0.15) is 24.0 Å². The Morgan fingerprint density at radius 3 is 2.83 bits per heavy atom. The van der Waals surface area contributed by atoms with Gasteiger partial charge >= 0.3 is 5.97 Å². The van der Waals surface area contributed by atoms with Crippen LogP contribution in [0.2, 0.25) is 5.02 Å². The minimum Gasteiger partial charge on any atom is -0.467 e. The molecular formula is C19H20ClNO6S2. The molecule has 1 saturated heterocycles. The normalized spacial score (nSPS) is 18.1. The first-order chi connectivity index (χ1) is 13.9. The Labute approximate surface area is 178 Å². The molecule has 0 aliphatic carbocycles. The molecule has 0 N–H and O–H groups in total. The van der Waals surface area contributed by atoms with Crippen LogP contribution in [0.5, 0.6) is 5.75 Å². The summed E-state index contributed by atoms with van der Waals surface area (Å²) < 4.78 is 43.2. The highest BCUT2D eigenvalue weighted by molar-refractivity contribution is 7.91. The molecule has 10 heteroatoms. The first kappa shape index (κ1) is 20.6. The third-order valence-corrected chi connectivity index (χ3v) is 8.49. The predicted molar refractivity (Wildman–Crippen MR) is 107 cm³/mol. The van der Waals surface area contributed by atoms with Crippen molar-refractivity contribution in [1.82, 2.24) is 4.31 Å². The molecule has 1 aromatic heterocycles. The number of halogens is 1. The van der Waals surface area contributed by atoms with Crippen LogP contribution in [-0.4, -0.2) is 38.6 Å². The number of carbonyl (C=O) groups is 1. The Hall–Kier alpha value is -1.65. The van der Waals surface area contributed by atoms with Gasteiger partial charge in [-0.15, -0.1) is 11.3 Å². The molecule has 29 heavy (non-hydrogen) atoms. The largest absolute Gasteiger partial charge is 0.467 e. The number of benzene rings is 1. The van der Waals surface area contributed by atoms with E-state index in [0.29, 0.717) is 53.1 Å². The highest BCUT2D eigenvalue weighted by Crippen LogP contribution is 2.33. The molecule has 0 atom stereocenters. The van der Waals surface area contributed by atoms with Gasteiger partial charge in [0.2, 0.25) is 0 Å². The molecule has 0 saturated carbocycles. The second-order valence-corrected chi connectivity index (χ2v) is 10.4. The van der Waals surface area contributed by atoms with Crippen LogP contribution in [0.3, 0.4) is 0 Å². The molecule has 3 heterocycles. The van der Waals surface area contributed by atoms with E-state index < -0.39 is 10.0 Å². The molecule has 0 spiro atoms. The number of ether oxygens (including phenoxy) is 3. The highest BCUT2D eigenvalue weighted by Gasteiger charge is 2.33. The molecule has 7 nitrogen and oxygen atoms in total. The van der Waals surface area contributed by atoms with E-state index in [1.807, 2.05) is 0 Å². The molecular weight excluding hydrogens is 438 g/mol. The quantitative estimate of drug-likeness (QED) is 0.640. The number of piperidine rings is 1. The monoisotopic (exact) mass is 457 g/mol. The third-order valence-electron chi connectivity index (χ3n) is 5.00. The number of hydrogen-bond donors (Lipinski definition) is 0. The Balaban J connectivity index is 1.35. The van der Waals surface area contributed by atoms with Crippen molar-refractivity contribution in [2.45, 2.75) is 30.3 Å². The number of sulfonamides is 1. The summed E-state index contributed by atoms with van der Waals surface area (Å²) in [6.45, 7) is 1.19. The van der Waals surface area contributed by atoms with Crippen molar-refractivity contribution in [3.8, 4) is 5.75 Å². The first-order valence-electron chi connectivity index (χ1n) is 9.17. The van der Waals surface area contributed by atoms with E-state index in [0.717, 1.165) is 5.56 Å². The van der Waals surface area contributed by atoms with Gasteiger partial charge < -0.3 is 14.2 Å². The van der Waals surface area contributed by atoms with Crippen LogP contribution < -0.4 is 4.74 Å². The molecule has 0 unspecified atom stereocenters. The lowest BCUT2D eigenvalue weighted by molar-refractivity contribution is -0.151. The molecule has 1 fully saturated rings. The van der Waals surface area contributed by atoms with Gasteiger partial charge in [0.25, 0.3) is 10.0 Å². The maximum Gasteiger partial charge on any atom is 0.309 e. The summed E-state index contributed by atoms with van der Waals surface area (Å²) >= 11 is 7.33. The lowest BCUT2D eigenvalue weighted by Crippen LogP contribution is -2.40. The van der Waals surface area contributed by atoms with Gasteiger partial charge in [0.1, 0.15) is 16.6 Å². The molecule has 2 aliphatic rings. The van der Waals surface area contributed by atoms with Crippen molar-refractivity contribution >= 4 is 38.9 Å². The van der Waals surface area contributed by atoms with Crippen molar-refractivity contribution < 1.29 is 27.4 Å². The van der Waals surface area contributed by atoms with Crippen LogP contribution in [0.15, 0.2) is 33.9 Å². The van der Waals surface area contributed by atoms with Gasteiger partial charge in [-0.25, -0.2) is 8.42 Å². The van der Waals surface area contributed by atoms with Crippen LogP contribution in [0.4, 0.5) is 0 Å². The number of fused-ring (bicyclic) bond motifs is 1. The van der Waals surface area contributed by atoms with Crippen molar-refractivity contribution in [3.63, 3.8) is 0 Å². The van der Waals surface area contributed by atoms with Crippen molar-refractivity contribution in [2.75, 3.05) is 19.9 Å². The summed E-state index contributed by atoms with van der Waals surface area (Å²) in [4.78, 5) is 12.5. The lowest BCUT2D eigenvalue weighted by Gasteiger charge is -2.29. The minimum atomic E-state index is -3.48. The van der Waals surface area contributed by atoms with Crippen LogP contribution in [0.25, 0.3) is 0 Å². The van der Waals surface area contributed by atoms with Gasteiger partial charge in [-0.05, 0) is 36.4 Å². The second-order valence-electron chi connectivity index (χ2n) is 6.88. The summed E-state index contributed by atoms with van der Waals surface area (Å²) in [5, 5.41) is 2.26. The van der Waals surface area contributed by atoms with Gasteiger partial charge in [-0.2, -0.15) is 4.31 Å². The smallest absolute Gasteiger partial charge is 0.309 e. The summed E-state index contributed by atoms with van der Waals surface area (Å²) in [6.07, 6.45) is 0.864. The van der Waals surface area contributed by atoms with Crippen LogP contribution in [0, 0.1) is 5.92 Å². The first-order valence-corrected chi connectivity index (χ1v) is 11.9. The molecule has 2 aliphatic heterocycles. The van der Waals surface area contributed by atoms with Gasteiger partial charge in [0, 0.05) is 29.2 Å². The zero-order chi connectivity index (χ0) is 20.4. The molecule has 0 amide bonds. The van der Waals surface area contributed by atoms with E-state index in [1.165, 1.54) is 15.6 Å². The maximum absolute atomic E-state index is 12.6. The molecule has 156 valence electrons. The van der Waals surface area contributed by atoms with E-state index in [2.05, 4.69) is 0 Å². The fourth-order valence-corrected chi connectivity index (χ4v) is 6.38. The van der Waals surface area contributed by atoms with Gasteiger partial charge in [0.15, 0.2) is 6.79 Å². The molecule has 1 aromatic carbocycles. The Morgan fingerprint density at radius 1 is 1.31 bits per heavy atom. The van der Waals surface area contributed by atoms with E-state index in [4.69, 9.17) is 25.8 Å². The van der Waals surface area contributed by atoms with Crippen LogP contribution >= 0.6 is 22.9 Å². The van der Waals surface area contributed by atoms with Gasteiger partial charge in [-0.1, -0.05) is 17.7 Å². The maximum atomic E-state index is 12.6. The number of carbonyl (C=O) groups excluding carboxylic acids is 1. The molecule has 4 rings (SSSR count). The van der Waals surface area contributed by atoms with E-state index in [-0.39, 0.29) is 25.3 Å². The van der Waals surface area contributed by atoms with Crippen molar-refractivity contribution in [1.29, 1.82) is 0 Å². The number of thiophene rings is 1. The van der Waals surface area contributed by atoms with Crippen molar-refractivity contribution in [3.05, 3.63) is 45.8 Å². The zero-order valence-corrected chi connectivity index (χ0v) is 17.9. The van der Waals surface area contributed by atoms with Gasteiger partial charge in [0.05, 0.1) is 12.5 Å². The minimum absolute atomic E-state index is 0.0510. The Morgan fingerprint density at radius 2 is 2.10 bits per heavy atom. The van der Waals surface area contributed by atoms with E-state index in [9.17, 15) is 13.2 Å². The van der Waals surface area contributed by atoms with Crippen molar-refractivity contribution in [2.24, 2.45) is 5.92 Å². The number of esters is 1.